The molecule has 4 nitrogen and oxygen atoms in total. The van der Waals surface area contributed by atoms with Crippen molar-refractivity contribution in [2.24, 2.45) is 0 Å². The Morgan fingerprint density at radius 3 is 2.09 bits per heavy atom. The number of carbonyl (C=O) groups excluding carboxylic acids is 2. The lowest BCUT2D eigenvalue weighted by molar-refractivity contribution is -0.186. The van der Waals surface area contributed by atoms with Crippen molar-refractivity contribution < 1.29 is 22.8 Å². The fourth-order valence-corrected chi connectivity index (χ4v) is 2.49. The Hall–Kier alpha value is -1.47. The lowest BCUT2D eigenvalue weighted by Crippen LogP contribution is -2.53. The van der Waals surface area contributed by atoms with E-state index in [2.05, 4.69) is 0 Å². The summed E-state index contributed by atoms with van der Waals surface area (Å²) in [6.45, 7) is -0.350. The van der Waals surface area contributed by atoms with Gasteiger partial charge in [0.2, 0.25) is 0 Å². The van der Waals surface area contributed by atoms with Crippen molar-refractivity contribution in [1.29, 1.82) is 0 Å². The molecule has 0 aliphatic carbocycles. The molecule has 0 aromatic heterocycles. The van der Waals surface area contributed by atoms with E-state index in [9.17, 15) is 22.8 Å². The van der Waals surface area contributed by atoms with Crippen LogP contribution in [0.15, 0.2) is 18.2 Å². The highest BCUT2D eigenvalue weighted by Crippen LogP contribution is 2.24. The first kappa shape index (κ1) is 16.9. The van der Waals surface area contributed by atoms with Crippen LogP contribution in [0.25, 0.3) is 0 Å². The zero-order valence-corrected chi connectivity index (χ0v) is 12.7. The van der Waals surface area contributed by atoms with Crippen LogP contribution < -0.4 is 0 Å². The Labute approximate surface area is 134 Å². The highest BCUT2D eigenvalue weighted by atomic mass is 35.5. The van der Waals surface area contributed by atoms with Crippen molar-refractivity contribution in [2.45, 2.75) is 6.18 Å². The fraction of sp³-hybridized carbons (Fsp3) is 0.385. The Balaban J connectivity index is 2.04. The van der Waals surface area contributed by atoms with Gasteiger partial charge < -0.3 is 9.80 Å². The van der Waals surface area contributed by atoms with Crippen LogP contribution in [0.1, 0.15) is 10.4 Å². The van der Waals surface area contributed by atoms with E-state index in [1.165, 1.54) is 23.1 Å². The molecule has 1 aliphatic rings. The molecule has 2 rings (SSSR count). The summed E-state index contributed by atoms with van der Waals surface area (Å²) in [4.78, 5) is 25.5. The minimum atomic E-state index is -4.90. The molecular weight excluding hydrogens is 344 g/mol. The van der Waals surface area contributed by atoms with Gasteiger partial charge in [-0.1, -0.05) is 23.2 Å². The highest BCUT2D eigenvalue weighted by Gasteiger charge is 2.43. The third kappa shape index (κ3) is 3.64. The highest BCUT2D eigenvalue weighted by molar-refractivity contribution is 6.35. The van der Waals surface area contributed by atoms with Crippen molar-refractivity contribution in [3.63, 3.8) is 0 Å². The van der Waals surface area contributed by atoms with E-state index in [0.717, 1.165) is 0 Å². The van der Waals surface area contributed by atoms with E-state index in [-0.39, 0.29) is 36.8 Å². The van der Waals surface area contributed by atoms with Gasteiger partial charge in [-0.3, -0.25) is 9.59 Å². The first-order valence-electron chi connectivity index (χ1n) is 6.30. The third-order valence-electron chi connectivity index (χ3n) is 3.26. The average molecular weight is 355 g/mol. The van der Waals surface area contributed by atoms with Crippen LogP contribution in [-0.2, 0) is 4.79 Å². The van der Waals surface area contributed by atoms with Crippen LogP contribution in [0, 0.1) is 0 Å². The molecule has 0 saturated carbocycles. The van der Waals surface area contributed by atoms with Crippen molar-refractivity contribution in [3.8, 4) is 0 Å². The summed E-state index contributed by atoms with van der Waals surface area (Å²) in [5, 5.41) is 0.543. The summed E-state index contributed by atoms with van der Waals surface area (Å²) in [6.07, 6.45) is -4.90. The Bertz CT molecular complexity index is 599. The van der Waals surface area contributed by atoms with Gasteiger partial charge in [0, 0.05) is 31.2 Å². The molecule has 1 heterocycles. The maximum absolute atomic E-state index is 12.3. The van der Waals surface area contributed by atoms with Crippen molar-refractivity contribution in [2.75, 3.05) is 26.2 Å². The zero-order valence-electron chi connectivity index (χ0n) is 11.2. The number of piperazine rings is 1. The average Bonchev–Trinajstić information content (AvgIpc) is 2.47. The van der Waals surface area contributed by atoms with Crippen LogP contribution in [0.5, 0.6) is 0 Å². The molecule has 1 aromatic carbocycles. The van der Waals surface area contributed by atoms with Crippen LogP contribution in [0.4, 0.5) is 13.2 Å². The normalized spacial score (nSPS) is 15.9. The molecule has 0 atom stereocenters. The van der Waals surface area contributed by atoms with Crippen molar-refractivity contribution in [3.05, 3.63) is 33.8 Å². The predicted octanol–water partition coefficient (Wildman–Crippen LogP) is 2.84. The van der Waals surface area contributed by atoms with Gasteiger partial charge in [-0.25, -0.2) is 0 Å². The quantitative estimate of drug-likeness (QED) is 0.777. The van der Waals surface area contributed by atoms with Crippen LogP contribution in [-0.4, -0.2) is 54.0 Å². The van der Waals surface area contributed by atoms with Gasteiger partial charge in [-0.15, -0.1) is 0 Å². The number of rotatable bonds is 1. The second-order valence-corrected chi connectivity index (χ2v) is 5.55. The molecule has 0 bridgehead atoms. The summed E-state index contributed by atoms with van der Waals surface area (Å²) in [5.41, 5.74) is 0.185. The number of halogens is 5. The molecule has 0 radical (unpaired) electrons. The van der Waals surface area contributed by atoms with Crippen LogP contribution in [0.2, 0.25) is 10.0 Å². The lowest BCUT2D eigenvalue weighted by Gasteiger charge is -2.35. The van der Waals surface area contributed by atoms with Crippen molar-refractivity contribution >= 4 is 35.0 Å². The van der Waals surface area contributed by atoms with Gasteiger partial charge in [0.15, 0.2) is 0 Å². The molecular formula is C13H11Cl2F3N2O2. The molecule has 1 fully saturated rings. The van der Waals surface area contributed by atoms with Crippen LogP contribution in [0.3, 0.4) is 0 Å². The minimum Gasteiger partial charge on any atom is -0.335 e. The molecule has 0 unspecified atom stereocenters. The summed E-state index contributed by atoms with van der Waals surface area (Å²) in [7, 11) is 0. The molecule has 120 valence electrons. The molecule has 9 heteroatoms. The predicted molar refractivity (Wildman–Crippen MR) is 75.0 cm³/mol. The molecule has 2 amide bonds. The topological polar surface area (TPSA) is 40.6 Å². The van der Waals surface area contributed by atoms with E-state index in [0.29, 0.717) is 9.92 Å². The van der Waals surface area contributed by atoms with E-state index in [1.807, 2.05) is 0 Å². The molecule has 1 saturated heterocycles. The number of hydrogen-bond donors (Lipinski definition) is 0. The SMILES string of the molecule is O=C(c1cc(Cl)ccc1Cl)N1CCN(C(=O)C(F)(F)F)CC1. The Morgan fingerprint density at radius 2 is 1.55 bits per heavy atom. The summed E-state index contributed by atoms with van der Waals surface area (Å²) < 4.78 is 37.0. The Morgan fingerprint density at radius 1 is 1.00 bits per heavy atom. The molecule has 0 N–H and O–H groups in total. The number of alkyl halides is 3. The number of amides is 2. The maximum atomic E-state index is 12.3. The van der Waals surface area contributed by atoms with Crippen molar-refractivity contribution in [1.82, 2.24) is 9.80 Å². The Kier molecular flexibility index (Phi) is 4.87. The van der Waals surface area contributed by atoms with Gasteiger partial charge in [-0.2, -0.15) is 13.2 Å². The third-order valence-corrected chi connectivity index (χ3v) is 3.82. The smallest absolute Gasteiger partial charge is 0.335 e. The standard InChI is InChI=1S/C13H11Cl2F3N2O2/c14-8-1-2-10(15)9(7-8)11(21)19-3-5-20(6-4-19)12(22)13(16,17)18/h1-2,7H,3-6H2. The molecule has 22 heavy (non-hydrogen) atoms. The number of nitrogens with zero attached hydrogens (tertiary/aromatic N) is 2. The van der Waals surface area contributed by atoms with E-state index in [4.69, 9.17) is 23.2 Å². The first-order valence-corrected chi connectivity index (χ1v) is 7.06. The first-order chi connectivity index (χ1) is 10.2. The summed E-state index contributed by atoms with van der Waals surface area (Å²) in [5.74, 6) is -2.31. The second-order valence-electron chi connectivity index (χ2n) is 4.71. The van der Waals surface area contributed by atoms with E-state index < -0.39 is 18.0 Å². The summed E-state index contributed by atoms with van der Waals surface area (Å²) in [6, 6.07) is 4.40. The van der Waals surface area contributed by atoms with Gasteiger partial charge in [-0.05, 0) is 18.2 Å². The number of carbonyl (C=O) groups is 2. The van der Waals surface area contributed by atoms with Gasteiger partial charge >= 0.3 is 12.1 Å². The van der Waals surface area contributed by atoms with E-state index in [1.54, 1.807) is 0 Å². The molecule has 1 aliphatic heterocycles. The monoisotopic (exact) mass is 354 g/mol. The zero-order chi connectivity index (χ0) is 16.5. The molecule has 0 spiro atoms. The number of hydrogen-bond acceptors (Lipinski definition) is 2. The maximum Gasteiger partial charge on any atom is 0.471 e. The van der Waals surface area contributed by atoms with Gasteiger partial charge in [0.25, 0.3) is 5.91 Å². The largest absolute Gasteiger partial charge is 0.471 e. The fourth-order valence-electron chi connectivity index (χ4n) is 2.12. The molecule has 1 aromatic rings. The minimum absolute atomic E-state index is 0.00347. The lowest BCUT2D eigenvalue weighted by atomic mass is 10.1. The summed E-state index contributed by atoms with van der Waals surface area (Å²) >= 11 is 11.7. The van der Waals surface area contributed by atoms with Gasteiger partial charge in [0.05, 0.1) is 10.6 Å². The van der Waals surface area contributed by atoms with Crippen LogP contribution >= 0.6 is 23.2 Å². The second kappa shape index (κ2) is 6.34. The van der Waals surface area contributed by atoms with E-state index >= 15 is 0 Å². The van der Waals surface area contributed by atoms with Gasteiger partial charge in [0.1, 0.15) is 0 Å². The number of benzene rings is 1.